The predicted molar refractivity (Wildman–Crippen MR) is 164 cm³/mol. The van der Waals surface area contributed by atoms with E-state index in [2.05, 4.69) is 13.8 Å². The molecule has 0 N–H and O–H groups in total. The summed E-state index contributed by atoms with van der Waals surface area (Å²) in [6, 6.07) is 0. The molecule has 45 heavy (non-hydrogen) atoms. The van der Waals surface area contributed by atoms with E-state index in [-0.39, 0.29) is 12.0 Å². The SMILES string of the molecule is CC(=O)OC[C@H]1O[C@H](OC2CCC(C)(C)C(C=CC(C)=CC=CC(C)=CC=O)=C2C)[C@H](OC(C)=O)[C@@H](OC(C)=O)[C@@H]1OC(C)=O. The predicted octanol–water partition coefficient (Wildman–Crippen LogP) is 4.80. The van der Waals surface area contributed by atoms with E-state index in [1.54, 1.807) is 0 Å². The van der Waals surface area contributed by atoms with Crippen LogP contribution in [0.5, 0.6) is 0 Å². The van der Waals surface area contributed by atoms with Crippen LogP contribution in [0.15, 0.2) is 58.7 Å². The molecule has 0 amide bonds. The summed E-state index contributed by atoms with van der Waals surface area (Å²) in [5, 5.41) is 0. The smallest absolute Gasteiger partial charge is 0.303 e. The van der Waals surface area contributed by atoms with E-state index in [4.69, 9.17) is 28.4 Å². The standard InChI is InChI=1S/C34H46O11/c1-20(11-10-12-21(2)16-18-35)13-14-27-22(3)28(15-17-34(27,8)9)44-33-32(43-26(7)39)31(42-25(6)38)30(41-24(5)37)29(45-33)19-40-23(4)36/h10-14,16,18,28-33H,15,17,19H2,1-9H3/t28?,29-,30-,31+,32-,33+/m1/s1. The first kappa shape index (κ1) is 37.4. The van der Waals surface area contributed by atoms with Gasteiger partial charge in [-0.3, -0.25) is 24.0 Å². The molecule has 2 rings (SSSR count). The zero-order valence-corrected chi connectivity index (χ0v) is 27.6. The Balaban J connectivity index is 2.49. The third-order valence-corrected chi connectivity index (χ3v) is 7.48. The van der Waals surface area contributed by atoms with Crippen molar-refractivity contribution in [2.45, 2.75) is 112 Å². The summed E-state index contributed by atoms with van der Waals surface area (Å²) in [6.07, 6.45) is 6.65. The molecule has 2 aliphatic rings. The number of allylic oxidation sites excluding steroid dienone is 9. The van der Waals surface area contributed by atoms with E-state index < -0.39 is 60.7 Å². The molecule has 1 fully saturated rings. The minimum Gasteiger partial charge on any atom is -0.463 e. The number of carbonyl (C=O) groups is 5. The number of hydrogen-bond acceptors (Lipinski definition) is 11. The lowest BCUT2D eigenvalue weighted by atomic mass is 9.71. The molecule has 0 spiro atoms. The van der Waals surface area contributed by atoms with Gasteiger partial charge in [0, 0.05) is 27.7 Å². The fourth-order valence-corrected chi connectivity index (χ4v) is 5.32. The second-order valence-electron chi connectivity index (χ2n) is 11.9. The van der Waals surface area contributed by atoms with Crippen LogP contribution >= 0.6 is 0 Å². The third-order valence-electron chi connectivity index (χ3n) is 7.48. The number of carbonyl (C=O) groups excluding carboxylic acids is 5. The normalized spacial score (nSPS) is 27.3. The maximum atomic E-state index is 12.2. The molecule has 0 radical (unpaired) electrons. The molecule has 0 bridgehead atoms. The molecule has 0 aromatic carbocycles. The molecule has 1 aliphatic carbocycles. The van der Waals surface area contributed by atoms with Crippen molar-refractivity contribution < 1.29 is 52.4 Å². The van der Waals surface area contributed by atoms with E-state index >= 15 is 0 Å². The van der Waals surface area contributed by atoms with E-state index in [1.165, 1.54) is 33.8 Å². The van der Waals surface area contributed by atoms with Crippen molar-refractivity contribution in [1.29, 1.82) is 0 Å². The van der Waals surface area contributed by atoms with Crippen molar-refractivity contribution in [3.05, 3.63) is 58.7 Å². The van der Waals surface area contributed by atoms with E-state index in [0.29, 0.717) is 6.42 Å². The average molecular weight is 631 g/mol. The monoisotopic (exact) mass is 630 g/mol. The molecule has 0 aromatic rings. The van der Waals surface area contributed by atoms with Gasteiger partial charge in [-0.1, -0.05) is 49.8 Å². The van der Waals surface area contributed by atoms with Gasteiger partial charge < -0.3 is 28.4 Å². The van der Waals surface area contributed by atoms with Gasteiger partial charge in [-0.05, 0) is 61.8 Å². The van der Waals surface area contributed by atoms with Crippen LogP contribution in [0.4, 0.5) is 0 Å². The number of ether oxygens (including phenoxy) is 6. The summed E-state index contributed by atoms with van der Waals surface area (Å²) in [4.78, 5) is 58.7. The summed E-state index contributed by atoms with van der Waals surface area (Å²) >= 11 is 0. The number of aldehydes is 1. The molecule has 1 aliphatic heterocycles. The second-order valence-corrected chi connectivity index (χ2v) is 11.9. The van der Waals surface area contributed by atoms with Gasteiger partial charge in [0.2, 0.25) is 0 Å². The number of hydrogen-bond donors (Lipinski definition) is 0. The zero-order chi connectivity index (χ0) is 33.9. The van der Waals surface area contributed by atoms with Crippen LogP contribution in [-0.2, 0) is 52.4 Å². The van der Waals surface area contributed by atoms with E-state index in [0.717, 1.165) is 35.0 Å². The largest absolute Gasteiger partial charge is 0.463 e. The van der Waals surface area contributed by atoms with Crippen molar-refractivity contribution in [1.82, 2.24) is 0 Å². The lowest BCUT2D eigenvalue weighted by molar-refractivity contribution is -0.315. The molecule has 248 valence electrons. The Morgan fingerprint density at radius 1 is 0.822 bits per heavy atom. The Labute approximate surface area is 265 Å². The second kappa shape index (κ2) is 17.0. The molecule has 1 heterocycles. The summed E-state index contributed by atoms with van der Waals surface area (Å²) in [7, 11) is 0. The Kier molecular flexibility index (Phi) is 14.1. The van der Waals surface area contributed by atoms with Crippen LogP contribution < -0.4 is 0 Å². The van der Waals surface area contributed by atoms with Crippen molar-refractivity contribution in [2.24, 2.45) is 5.41 Å². The molecule has 0 aromatic heterocycles. The molecule has 1 unspecified atom stereocenters. The maximum absolute atomic E-state index is 12.2. The van der Waals surface area contributed by atoms with E-state index in [1.807, 2.05) is 51.2 Å². The molecular weight excluding hydrogens is 584 g/mol. The lowest BCUT2D eigenvalue weighted by Crippen LogP contribution is -2.63. The minimum atomic E-state index is -1.30. The molecule has 0 saturated carbocycles. The van der Waals surface area contributed by atoms with Gasteiger partial charge in [0.15, 0.2) is 24.6 Å². The number of rotatable bonds is 12. The average Bonchev–Trinajstić information content (AvgIpc) is 2.91. The Bertz CT molecular complexity index is 1270. The van der Waals surface area contributed by atoms with Crippen LogP contribution in [0.1, 0.15) is 75.2 Å². The van der Waals surface area contributed by atoms with Gasteiger partial charge in [-0.25, -0.2) is 0 Å². The van der Waals surface area contributed by atoms with Gasteiger partial charge in [0.25, 0.3) is 0 Å². The highest BCUT2D eigenvalue weighted by molar-refractivity contribution is 5.69. The fourth-order valence-electron chi connectivity index (χ4n) is 5.32. The zero-order valence-electron chi connectivity index (χ0n) is 27.6. The fraction of sp³-hybridized carbons (Fsp3) is 0.559. The van der Waals surface area contributed by atoms with Crippen molar-refractivity contribution in [2.75, 3.05) is 6.61 Å². The summed E-state index contributed by atoms with van der Waals surface area (Å²) in [5.41, 5.74) is 3.64. The summed E-state index contributed by atoms with van der Waals surface area (Å²) < 4.78 is 34.4. The van der Waals surface area contributed by atoms with Crippen molar-refractivity contribution >= 4 is 30.2 Å². The van der Waals surface area contributed by atoms with Crippen LogP contribution in [0, 0.1) is 5.41 Å². The van der Waals surface area contributed by atoms with Gasteiger partial charge in [-0.15, -0.1) is 0 Å². The first-order valence-electron chi connectivity index (χ1n) is 14.9. The Morgan fingerprint density at radius 2 is 1.40 bits per heavy atom. The van der Waals surface area contributed by atoms with Crippen LogP contribution in [0.3, 0.4) is 0 Å². The van der Waals surface area contributed by atoms with Crippen molar-refractivity contribution in [3.63, 3.8) is 0 Å². The third kappa shape index (κ3) is 11.6. The molecule has 1 saturated heterocycles. The highest BCUT2D eigenvalue weighted by Gasteiger charge is 2.53. The van der Waals surface area contributed by atoms with Crippen LogP contribution in [-0.4, -0.2) is 73.6 Å². The first-order chi connectivity index (χ1) is 21.0. The Hall–Kier alpha value is -3.83. The first-order valence-corrected chi connectivity index (χ1v) is 14.9. The molecule has 11 heteroatoms. The maximum Gasteiger partial charge on any atom is 0.303 e. The van der Waals surface area contributed by atoms with Gasteiger partial charge in [0.1, 0.15) is 19.0 Å². The molecule has 11 nitrogen and oxygen atoms in total. The molecular formula is C34H46O11. The Morgan fingerprint density at radius 3 is 1.98 bits per heavy atom. The topological polar surface area (TPSA) is 141 Å². The quantitative estimate of drug-likeness (QED) is 0.0966. The van der Waals surface area contributed by atoms with Gasteiger partial charge >= 0.3 is 23.9 Å². The minimum absolute atomic E-state index is 0.179. The highest BCUT2D eigenvalue weighted by Crippen LogP contribution is 2.43. The van der Waals surface area contributed by atoms with Gasteiger partial charge in [-0.2, -0.15) is 0 Å². The summed E-state index contributed by atoms with van der Waals surface area (Å²) in [5.74, 6) is -2.70. The van der Waals surface area contributed by atoms with Crippen LogP contribution in [0.25, 0.3) is 0 Å². The summed E-state index contributed by atoms with van der Waals surface area (Å²) in [6.45, 7) is 14.5. The lowest BCUT2D eigenvalue weighted by Gasteiger charge is -2.46. The van der Waals surface area contributed by atoms with Gasteiger partial charge in [0.05, 0.1) is 6.10 Å². The highest BCUT2D eigenvalue weighted by atomic mass is 16.7. The van der Waals surface area contributed by atoms with Crippen LogP contribution in [0.2, 0.25) is 0 Å². The van der Waals surface area contributed by atoms with Crippen molar-refractivity contribution in [3.8, 4) is 0 Å². The molecule has 6 atom stereocenters. The number of esters is 4. The van der Waals surface area contributed by atoms with E-state index in [9.17, 15) is 24.0 Å².